The maximum atomic E-state index is 12.8. The fraction of sp³-hybridized carbons (Fsp3) is 0.300. The predicted molar refractivity (Wildman–Crippen MR) is 110 cm³/mol. The van der Waals surface area contributed by atoms with E-state index in [9.17, 15) is 9.59 Å². The number of benzene rings is 2. The van der Waals surface area contributed by atoms with Crippen molar-refractivity contribution in [2.24, 2.45) is 5.73 Å². The van der Waals surface area contributed by atoms with Crippen LogP contribution in [-0.4, -0.2) is 30.4 Å². The summed E-state index contributed by atoms with van der Waals surface area (Å²) in [5, 5.41) is 3.33. The van der Waals surface area contributed by atoms with Crippen molar-refractivity contribution >= 4 is 41.5 Å². The van der Waals surface area contributed by atoms with E-state index in [0.29, 0.717) is 30.1 Å². The van der Waals surface area contributed by atoms with Gasteiger partial charge in [0.2, 0.25) is 11.8 Å². The zero-order chi connectivity index (χ0) is 18.5. The van der Waals surface area contributed by atoms with Crippen LogP contribution >= 0.6 is 24.0 Å². The quantitative estimate of drug-likeness (QED) is 0.799. The summed E-state index contributed by atoms with van der Waals surface area (Å²) in [6.07, 6.45) is 1.82. The number of halogens is 2. The molecule has 0 bridgehead atoms. The third-order valence-electron chi connectivity index (χ3n) is 4.53. The lowest BCUT2D eigenvalue weighted by Crippen LogP contribution is -2.55. The van der Waals surface area contributed by atoms with Crippen molar-refractivity contribution < 1.29 is 9.59 Å². The largest absolute Gasteiger partial charge is 0.343 e. The van der Waals surface area contributed by atoms with Gasteiger partial charge in [-0.1, -0.05) is 54.1 Å². The van der Waals surface area contributed by atoms with Crippen LogP contribution in [0.2, 0.25) is 5.02 Å². The molecule has 27 heavy (non-hydrogen) atoms. The lowest BCUT2D eigenvalue weighted by atomic mass is 10.0. The second-order valence-electron chi connectivity index (χ2n) is 6.44. The highest BCUT2D eigenvalue weighted by molar-refractivity contribution is 6.33. The normalized spacial score (nSPS) is 17.8. The van der Waals surface area contributed by atoms with E-state index in [0.717, 1.165) is 12.0 Å². The van der Waals surface area contributed by atoms with E-state index >= 15 is 0 Å². The van der Waals surface area contributed by atoms with Gasteiger partial charge in [-0.2, -0.15) is 0 Å². The molecule has 1 aliphatic rings. The van der Waals surface area contributed by atoms with E-state index in [4.69, 9.17) is 17.3 Å². The number of carbonyl (C=O) groups excluding carboxylic acids is 2. The van der Waals surface area contributed by atoms with Gasteiger partial charge in [0.25, 0.3) is 0 Å². The first-order valence-electron chi connectivity index (χ1n) is 8.72. The summed E-state index contributed by atoms with van der Waals surface area (Å²) >= 11 is 6.22. The highest BCUT2D eigenvalue weighted by Gasteiger charge is 2.32. The van der Waals surface area contributed by atoms with E-state index in [1.54, 1.807) is 11.0 Å². The van der Waals surface area contributed by atoms with Crippen LogP contribution in [-0.2, 0) is 16.0 Å². The van der Waals surface area contributed by atoms with Gasteiger partial charge in [0.05, 0.1) is 16.8 Å². The van der Waals surface area contributed by atoms with Gasteiger partial charge >= 0.3 is 0 Å². The molecule has 1 saturated heterocycles. The van der Waals surface area contributed by atoms with Crippen molar-refractivity contribution in [2.75, 3.05) is 11.4 Å². The van der Waals surface area contributed by atoms with Crippen molar-refractivity contribution in [1.29, 1.82) is 0 Å². The minimum atomic E-state index is -0.694. The molecule has 2 atom stereocenters. The molecule has 2 aromatic rings. The molecule has 144 valence electrons. The van der Waals surface area contributed by atoms with Crippen LogP contribution in [0.4, 0.5) is 5.69 Å². The highest BCUT2D eigenvalue weighted by Crippen LogP contribution is 2.28. The Kier molecular flexibility index (Phi) is 7.66. The maximum absolute atomic E-state index is 12.8. The number of nitrogens with two attached hydrogens (primary N) is 1. The number of anilines is 1. The van der Waals surface area contributed by atoms with Crippen molar-refractivity contribution in [3.8, 4) is 0 Å². The summed E-state index contributed by atoms with van der Waals surface area (Å²) in [5.74, 6) is -0.460. The Morgan fingerprint density at radius 1 is 1.19 bits per heavy atom. The molecule has 0 aromatic heterocycles. The summed E-state index contributed by atoms with van der Waals surface area (Å²) in [7, 11) is 0. The second-order valence-corrected chi connectivity index (χ2v) is 6.85. The number of rotatable bonds is 5. The van der Waals surface area contributed by atoms with Crippen LogP contribution in [0.3, 0.4) is 0 Å². The van der Waals surface area contributed by atoms with Crippen LogP contribution in [0.15, 0.2) is 54.6 Å². The zero-order valence-electron chi connectivity index (χ0n) is 14.8. The maximum Gasteiger partial charge on any atom is 0.249 e. The molecule has 2 aromatic carbocycles. The number of hydrogen-bond donors (Lipinski definition) is 2. The topological polar surface area (TPSA) is 75.4 Å². The predicted octanol–water partition coefficient (Wildman–Crippen LogP) is 2.94. The minimum Gasteiger partial charge on any atom is -0.343 e. The van der Waals surface area contributed by atoms with E-state index in [-0.39, 0.29) is 24.2 Å². The SMILES string of the molecule is Cl.N[C@@H](Cc1ccccc1)C(=O)NC1CCCN(c2ccccc2Cl)C1=O. The molecule has 0 aliphatic carbocycles. The first kappa shape index (κ1) is 21.2. The lowest BCUT2D eigenvalue weighted by Gasteiger charge is -2.33. The fourth-order valence-corrected chi connectivity index (χ4v) is 3.40. The minimum absolute atomic E-state index is 0. The molecule has 3 N–H and O–H groups in total. The van der Waals surface area contributed by atoms with Gasteiger partial charge in [-0.25, -0.2) is 0 Å². The van der Waals surface area contributed by atoms with Gasteiger partial charge in [-0.3, -0.25) is 9.59 Å². The summed E-state index contributed by atoms with van der Waals surface area (Å²) in [6.45, 7) is 0.588. The first-order valence-corrected chi connectivity index (χ1v) is 9.10. The number of piperidine rings is 1. The molecular weight excluding hydrogens is 385 g/mol. The molecular formula is C20H23Cl2N3O2. The number of nitrogens with one attached hydrogen (secondary N) is 1. The fourth-order valence-electron chi connectivity index (χ4n) is 3.16. The number of hydrogen-bond acceptors (Lipinski definition) is 3. The molecule has 2 amide bonds. The lowest BCUT2D eigenvalue weighted by molar-refractivity contribution is -0.129. The van der Waals surface area contributed by atoms with Crippen molar-refractivity contribution in [2.45, 2.75) is 31.3 Å². The Labute approximate surface area is 170 Å². The molecule has 0 radical (unpaired) electrons. The van der Waals surface area contributed by atoms with Crippen LogP contribution in [0, 0.1) is 0 Å². The summed E-state index contributed by atoms with van der Waals surface area (Å²) in [4.78, 5) is 26.9. The molecule has 1 unspecified atom stereocenters. The summed E-state index contributed by atoms with van der Waals surface area (Å²) in [5.41, 5.74) is 7.69. The first-order chi connectivity index (χ1) is 12.6. The molecule has 1 aliphatic heterocycles. The molecule has 0 spiro atoms. The summed E-state index contributed by atoms with van der Waals surface area (Å²) in [6, 6.07) is 15.5. The standard InChI is InChI=1S/C20H22ClN3O2.ClH/c21-15-9-4-5-11-18(15)24-12-6-10-17(20(24)26)23-19(25)16(22)13-14-7-2-1-3-8-14;/h1-5,7-9,11,16-17H,6,10,12-13,22H2,(H,23,25);1H/t16-,17?;/m0./s1. The molecule has 1 fully saturated rings. The molecule has 0 saturated carbocycles. The molecule has 1 heterocycles. The second kappa shape index (κ2) is 9.74. The van der Waals surface area contributed by atoms with Gasteiger partial charge in [-0.15, -0.1) is 12.4 Å². The number of para-hydroxylation sites is 1. The van der Waals surface area contributed by atoms with Gasteiger partial charge in [0.1, 0.15) is 6.04 Å². The van der Waals surface area contributed by atoms with Gasteiger partial charge < -0.3 is 16.0 Å². The Hall–Kier alpha value is -2.08. The van der Waals surface area contributed by atoms with Crippen LogP contribution in [0.1, 0.15) is 18.4 Å². The number of carbonyl (C=O) groups is 2. The Morgan fingerprint density at radius 3 is 2.56 bits per heavy atom. The zero-order valence-corrected chi connectivity index (χ0v) is 16.4. The van der Waals surface area contributed by atoms with E-state index in [1.807, 2.05) is 48.5 Å². The van der Waals surface area contributed by atoms with Crippen LogP contribution < -0.4 is 16.0 Å². The van der Waals surface area contributed by atoms with Gasteiger partial charge in [0, 0.05) is 6.54 Å². The molecule has 3 rings (SSSR count). The van der Waals surface area contributed by atoms with E-state index in [2.05, 4.69) is 5.32 Å². The molecule has 7 heteroatoms. The monoisotopic (exact) mass is 407 g/mol. The van der Waals surface area contributed by atoms with Crippen molar-refractivity contribution in [3.63, 3.8) is 0 Å². The van der Waals surface area contributed by atoms with E-state index in [1.165, 1.54) is 0 Å². The van der Waals surface area contributed by atoms with Crippen LogP contribution in [0.25, 0.3) is 0 Å². The van der Waals surface area contributed by atoms with Gasteiger partial charge in [-0.05, 0) is 37.0 Å². The Balaban J connectivity index is 0.00000261. The average molecular weight is 408 g/mol. The van der Waals surface area contributed by atoms with Crippen molar-refractivity contribution in [3.05, 3.63) is 65.2 Å². The van der Waals surface area contributed by atoms with Crippen molar-refractivity contribution in [1.82, 2.24) is 5.32 Å². The van der Waals surface area contributed by atoms with Gasteiger partial charge in [0.15, 0.2) is 0 Å². The number of nitrogens with zero attached hydrogens (tertiary/aromatic N) is 1. The average Bonchev–Trinajstić information content (AvgIpc) is 2.65. The van der Waals surface area contributed by atoms with Crippen LogP contribution in [0.5, 0.6) is 0 Å². The highest BCUT2D eigenvalue weighted by atomic mass is 35.5. The third-order valence-corrected chi connectivity index (χ3v) is 4.85. The smallest absolute Gasteiger partial charge is 0.249 e. The summed E-state index contributed by atoms with van der Waals surface area (Å²) < 4.78 is 0. The Bertz CT molecular complexity index is 786. The third kappa shape index (κ3) is 5.22. The van der Waals surface area contributed by atoms with E-state index < -0.39 is 12.1 Å². The Morgan fingerprint density at radius 2 is 1.85 bits per heavy atom. The molecule has 5 nitrogen and oxygen atoms in total. The number of amides is 2.